The van der Waals surface area contributed by atoms with Crippen molar-refractivity contribution < 1.29 is 4.79 Å². The van der Waals surface area contributed by atoms with Gasteiger partial charge in [-0.15, -0.1) is 0 Å². The van der Waals surface area contributed by atoms with Crippen LogP contribution in [0.25, 0.3) is 0 Å². The van der Waals surface area contributed by atoms with Crippen molar-refractivity contribution in [2.75, 3.05) is 0 Å². The van der Waals surface area contributed by atoms with Crippen molar-refractivity contribution in [2.24, 2.45) is 7.05 Å². The number of hydrogen-bond donors (Lipinski definition) is 0. The molecule has 2 rings (SSSR count). The lowest BCUT2D eigenvalue weighted by molar-refractivity contribution is 0.0990. The Morgan fingerprint density at radius 3 is 2.79 bits per heavy atom. The van der Waals surface area contributed by atoms with E-state index in [9.17, 15) is 4.79 Å². The number of carbonyl (C=O) groups is 1. The van der Waals surface area contributed by atoms with Crippen molar-refractivity contribution in [2.45, 2.75) is 19.8 Å². The van der Waals surface area contributed by atoms with Crippen LogP contribution in [0.2, 0.25) is 5.02 Å². The van der Waals surface area contributed by atoms with Crippen LogP contribution in [0.3, 0.4) is 0 Å². The molecule has 100 valence electrons. The molecule has 1 heterocycles. The van der Waals surface area contributed by atoms with Crippen molar-refractivity contribution in [3.63, 3.8) is 0 Å². The second-order valence-electron chi connectivity index (χ2n) is 4.29. The molecule has 5 heteroatoms. The molecular weight excluding hydrogens is 328 g/mol. The highest BCUT2D eigenvalue weighted by Gasteiger charge is 2.17. The van der Waals surface area contributed by atoms with Gasteiger partial charge in [-0.1, -0.05) is 46.6 Å². The predicted octanol–water partition coefficient (Wildman–Crippen LogP) is 3.82. The van der Waals surface area contributed by atoms with Crippen LogP contribution >= 0.6 is 27.5 Å². The van der Waals surface area contributed by atoms with Gasteiger partial charge in [0.05, 0.1) is 22.8 Å². The number of benzene rings is 1. The average Bonchev–Trinajstić information content (AvgIpc) is 2.66. The maximum absolute atomic E-state index is 12.2. The van der Waals surface area contributed by atoms with Crippen molar-refractivity contribution in [1.29, 1.82) is 0 Å². The lowest BCUT2D eigenvalue weighted by Gasteiger charge is -2.03. The Kier molecular flexibility index (Phi) is 4.42. The third kappa shape index (κ3) is 3.07. The number of Topliss-reactive ketones (excluding diaryl/α,β-unsaturated/α-hetero) is 1. The van der Waals surface area contributed by atoms with Gasteiger partial charge in [0, 0.05) is 17.1 Å². The van der Waals surface area contributed by atoms with E-state index in [1.54, 1.807) is 10.7 Å². The maximum Gasteiger partial charge on any atom is 0.168 e. The molecule has 0 radical (unpaired) electrons. The molecule has 19 heavy (non-hydrogen) atoms. The van der Waals surface area contributed by atoms with Gasteiger partial charge in [-0.2, -0.15) is 5.10 Å². The molecule has 0 aliphatic heterocycles. The van der Waals surface area contributed by atoms with Gasteiger partial charge in [-0.3, -0.25) is 9.48 Å². The van der Waals surface area contributed by atoms with Crippen molar-refractivity contribution in [3.8, 4) is 0 Å². The number of ketones is 1. The third-order valence-corrected chi connectivity index (χ3v) is 3.91. The standard InChI is InChI=1S/C14H14BrClN2O/c1-3-11-14(16)12(18(2)17-11)8-13(19)9-5-4-6-10(15)7-9/h4-7H,3,8H2,1-2H3. The molecule has 0 aliphatic carbocycles. The molecule has 0 unspecified atom stereocenters. The molecule has 1 aromatic heterocycles. The predicted molar refractivity (Wildman–Crippen MR) is 79.8 cm³/mol. The summed E-state index contributed by atoms with van der Waals surface area (Å²) in [6.07, 6.45) is 1.02. The summed E-state index contributed by atoms with van der Waals surface area (Å²) in [4.78, 5) is 12.2. The van der Waals surface area contributed by atoms with Crippen molar-refractivity contribution >= 4 is 33.3 Å². The summed E-state index contributed by atoms with van der Waals surface area (Å²) >= 11 is 9.61. The molecular formula is C14H14BrClN2O. The number of carbonyl (C=O) groups excluding carboxylic acids is 1. The van der Waals surface area contributed by atoms with E-state index in [0.717, 1.165) is 22.3 Å². The van der Waals surface area contributed by atoms with Crippen LogP contribution < -0.4 is 0 Å². The zero-order valence-corrected chi connectivity index (χ0v) is 13.1. The Morgan fingerprint density at radius 2 is 2.21 bits per heavy atom. The van der Waals surface area contributed by atoms with Crippen LogP contribution in [0, 0.1) is 0 Å². The van der Waals surface area contributed by atoms with Crippen LogP contribution in [-0.2, 0) is 19.9 Å². The zero-order chi connectivity index (χ0) is 14.0. The average molecular weight is 342 g/mol. The normalized spacial score (nSPS) is 10.7. The SMILES string of the molecule is CCc1nn(C)c(CC(=O)c2cccc(Br)c2)c1Cl. The van der Waals surface area contributed by atoms with Gasteiger partial charge in [0.1, 0.15) is 0 Å². The highest BCUT2D eigenvalue weighted by atomic mass is 79.9. The minimum Gasteiger partial charge on any atom is -0.294 e. The van der Waals surface area contributed by atoms with E-state index in [-0.39, 0.29) is 12.2 Å². The Balaban J connectivity index is 2.27. The van der Waals surface area contributed by atoms with Crippen LogP contribution in [0.15, 0.2) is 28.7 Å². The van der Waals surface area contributed by atoms with Gasteiger partial charge < -0.3 is 0 Å². The molecule has 0 spiro atoms. The molecule has 0 saturated carbocycles. The van der Waals surface area contributed by atoms with Gasteiger partial charge in [-0.25, -0.2) is 0 Å². The molecule has 0 bridgehead atoms. The molecule has 0 fully saturated rings. The van der Waals surface area contributed by atoms with Gasteiger partial charge >= 0.3 is 0 Å². The molecule has 0 amide bonds. The smallest absolute Gasteiger partial charge is 0.168 e. The fourth-order valence-electron chi connectivity index (χ4n) is 1.93. The van der Waals surface area contributed by atoms with Crippen LogP contribution in [-0.4, -0.2) is 15.6 Å². The first-order valence-electron chi connectivity index (χ1n) is 6.02. The molecule has 0 N–H and O–H groups in total. The Bertz CT molecular complexity index is 622. The quantitative estimate of drug-likeness (QED) is 0.792. The summed E-state index contributed by atoms with van der Waals surface area (Å²) in [6.45, 7) is 1.99. The van der Waals surface area contributed by atoms with E-state index in [2.05, 4.69) is 21.0 Å². The van der Waals surface area contributed by atoms with E-state index in [4.69, 9.17) is 11.6 Å². The Morgan fingerprint density at radius 1 is 1.47 bits per heavy atom. The van der Waals surface area contributed by atoms with Crippen molar-refractivity contribution in [3.05, 3.63) is 50.7 Å². The van der Waals surface area contributed by atoms with Gasteiger partial charge in [-0.05, 0) is 18.6 Å². The first kappa shape index (κ1) is 14.3. The lowest BCUT2D eigenvalue weighted by atomic mass is 10.1. The minimum atomic E-state index is 0.0360. The number of nitrogens with zero attached hydrogens (tertiary/aromatic N) is 2. The van der Waals surface area contributed by atoms with Crippen LogP contribution in [0.1, 0.15) is 28.7 Å². The van der Waals surface area contributed by atoms with Gasteiger partial charge in [0.15, 0.2) is 5.78 Å². The highest BCUT2D eigenvalue weighted by Crippen LogP contribution is 2.23. The van der Waals surface area contributed by atoms with E-state index in [0.29, 0.717) is 10.6 Å². The van der Waals surface area contributed by atoms with Crippen LogP contribution in [0.4, 0.5) is 0 Å². The summed E-state index contributed by atoms with van der Waals surface area (Å²) in [5, 5.41) is 4.92. The number of hydrogen-bond acceptors (Lipinski definition) is 2. The van der Waals surface area contributed by atoms with Gasteiger partial charge in [0.25, 0.3) is 0 Å². The number of rotatable bonds is 4. The van der Waals surface area contributed by atoms with E-state index in [1.165, 1.54) is 0 Å². The molecule has 0 aliphatic rings. The fraction of sp³-hybridized carbons (Fsp3) is 0.286. The monoisotopic (exact) mass is 340 g/mol. The third-order valence-electron chi connectivity index (χ3n) is 2.98. The Labute approximate surface area is 125 Å². The number of aromatic nitrogens is 2. The number of halogens is 2. The summed E-state index contributed by atoms with van der Waals surface area (Å²) in [5.74, 6) is 0.0360. The van der Waals surface area contributed by atoms with E-state index < -0.39 is 0 Å². The zero-order valence-electron chi connectivity index (χ0n) is 10.8. The topological polar surface area (TPSA) is 34.9 Å². The fourth-order valence-corrected chi connectivity index (χ4v) is 2.69. The van der Waals surface area contributed by atoms with Gasteiger partial charge in [0.2, 0.25) is 0 Å². The summed E-state index contributed by atoms with van der Waals surface area (Å²) in [6, 6.07) is 7.36. The summed E-state index contributed by atoms with van der Waals surface area (Å²) < 4.78 is 2.58. The highest BCUT2D eigenvalue weighted by molar-refractivity contribution is 9.10. The first-order chi connectivity index (χ1) is 9.02. The first-order valence-corrected chi connectivity index (χ1v) is 7.19. The minimum absolute atomic E-state index is 0.0360. The lowest BCUT2D eigenvalue weighted by Crippen LogP contribution is -2.08. The Hall–Kier alpha value is -1.13. The second-order valence-corrected chi connectivity index (χ2v) is 5.59. The summed E-state index contributed by atoms with van der Waals surface area (Å²) in [5.41, 5.74) is 2.27. The second kappa shape index (κ2) is 5.88. The summed E-state index contributed by atoms with van der Waals surface area (Å²) in [7, 11) is 1.81. The molecule has 0 atom stereocenters. The number of aryl methyl sites for hydroxylation is 2. The molecule has 2 aromatic rings. The largest absolute Gasteiger partial charge is 0.294 e. The maximum atomic E-state index is 12.2. The van der Waals surface area contributed by atoms with E-state index >= 15 is 0 Å². The van der Waals surface area contributed by atoms with Crippen molar-refractivity contribution in [1.82, 2.24) is 9.78 Å². The molecule has 0 saturated heterocycles. The van der Waals surface area contributed by atoms with E-state index in [1.807, 2.05) is 32.2 Å². The molecule has 3 nitrogen and oxygen atoms in total. The molecule has 1 aromatic carbocycles. The van der Waals surface area contributed by atoms with Crippen LogP contribution in [0.5, 0.6) is 0 Å².